The first-order valence-electron chi connectivity index (χ1n) is 5.49. The second kappa shape index (κ2) is 5.50. The summed E-state index contributed by atoms with van der Waals surface area (Å²) in [5, 5.41) is 16.9. The molecule has 1 aromatic rings. The van der Waals surface area contributed by atoms with E-state index in [1.807, 2.05) is 4.68 Å². The summed E-state index contributed by atoms with van der Waals surface area (Å²) in [4.78, 5) is 0. The summed E-state index contributed by atoms with van der Waals surface area (Å²) in [5.74, 6) is 0.375. The molecule has 0 bridgehead atoms. The van der Waals surface area contributed by atoms with E-state index in [9.17, 15) is 0 Å². The standard InChI is InChI=1S/C11H18N4/c1-4-5-8-15-11(9(2)3)10(6-7-12)13-14-15/h9H,4-6,8H2,1-3H3. The number of hydrogen-bond acceptors (Lipinski definition) is 3. The molecular weight excluding hydrogens is 188 g/mol. The van der Waals surface area contributed by atoms with Crippen molar-refractivity contribution in [2.24, 2.45) is 0 Å². The van der Waals surface area contributed by atoms with E-state index >= 15 is 0 Å². The van der Waals surface area contributed by atoms with Crippen LogP contribution in [0.25, 0.3) is 0 Å². The molecule has 0 aliphatic rings. The van der Waals surface area contributed by atoms with Crippen LogP contribution in [0.1, 0.15) is 50.9 Å². The summed E-state index contributed by atoms with van der Waals surface area (Å²) in [6, 6.07) is 2.13. The van der Waals surface area contributed by atoms with Gasteiger partial charge in [-0.2, -0.15) is 5.26 Å². The van der Waals surface area contributed by atoms with Crippen LogP contribution < -0.4 is 0 Å². The number of unbranched alkanes of at least 4 members (excludes halogenated alkanes) is 1. The Labute approximate surface area is 90.9 Å². The third kappa shape index (κ3) is 2.79. The summed E-state index contributed by atoms with van der Waals surface area (Å²) < 4.78 is 1.95. The van der Waals surface area contributed by atoms with Crippen LogP contribution in [0, 0.1) is 11.3 Å². The van der Waals surface area contributed by atoms with Crippen molar-refractivity contribution in [3.05, 3.63) is 11.4 Å². The van der Waals surface area contributed by atoms with E-state index in [1.54, 1.807) is 0 Å². The molecule has 0 radical (unpaired) electrons. The van der Waals surface area contributed by atoms with E-state index in [0.717, 1.165) is 30.8 Å². The Hall–Kier alpha value is -1.37. The fourth-order valence-corrected chi connectivity index (χ4v) is 1.66. The van der Waals surface area contributed by atoms with E-state index in [2.05, 4.69) is 37.2 Å². The Balaban J connectivity index is 2.91. The Bertz CT molecular complexity index is 346. The van der Waals surface area contributed by atoms with Crippen LogP contribution in [0.15, 0.2) is 0 Å². The van der Waals surface area contributed by atoms with Crippen LogP contribution in [0.3, 0.4) is 0 Å². The van der Waals surface area contributed by atoms with Crippen molar-refractivity contribution < 1.29 is 0 Å². The topological polar surface area (TPSA) is 54.5 Å². The number of nitriles is 1. The van der Waals surface area contributed by atoms with Crippen molar-refractivity contribution in [1.29, 1.82) is 5.26 Å². The van der Waals surface area contributed by atoms with Gasteiger partial charge in [-0.3, -0.25) is 0 Å². The number of aryl methyl sites for hydroxylation is 1. The number of hydrogen-bond donors (Lipinski definition) is 0. The summed E-state index contributed by atoms with van der Waals surface area (Å²) in [5.41, 5.74) is 1.95. The lowest BCUT2D eigenvalue weighted by Crippen LogP contribution is -2.07. The zero-order valence-electron chi connectivity index (χ0n) is 9.69. The van der Waals surface area contributed by atoms with Crippen molar-refractivity contribution >= 4 is 0 Å². The summed E-state index contributed by atoms with van der Waals surface area (Å²) >= 11 is 0. The van der Waals surface area contributed by atoms with Gasteiger partial charge in [-0.15, -0.1) is 5.10 Å². The second-order valence-electron chi connectivity index (χ2n) is 3.99. The minimum absolute atomic E-state index is 0.361. The molecule has 4 nitrogen and oxygen atoms in total. The molecule has 0 amide bonds. The van der Waals surface area contributed by atoms with Gasteiger partial charge in [0.1, 0.15) is 5.69 Å². The van der Waals surface area contributed by atoms with Gasteiger partial charge >= 0.3 is 0 Å². The van der Waals surface area contributed by atoms with Gasteiger partial charge in [0.05, 0.1) is 18.2 Å². The Morgan fingerprint density at radius 1 is 1.47 bits per heavy atom. The normalized spacial score (nSPS) is 10.6. The molecule has 0 aromatic carbocycles. The summed E-state index contributed by atoms with van der Waals surface area (Å²) in [7, 11) is 0. The van der Waals surface area contributed by atoms with E-state index < -0.39 is 0 Å². The molecule has 1 heterocycles. The average Bonchev–Trinajstić information content (AvgIpc) is 2.58. The maximum Gasteiger partial charge on any atom is 0.100 e. The third-order valence-electron chi connectivity index (χ3n) is 2.36. The van der Waals surface area contributed by atoms with Gasteiger partial charge in [-0.05, 0) is 12.3 Å². The van der Waals surface area contributed by atoms with Gasteiger partial charge in [-0.1, -0.05) is 32.4 Å². The molecule has 0 spiro atoms. The quantitative estimate of drug-likeness (QED) is 0.742. The highest BCUT2D eigenvalue weighted by atomic mass is 15.4. The molecule has 0 unspecified atom stereocenters. The maximum atomic E-state index is 8.68. The lowest BCUT2D eigenvalue weighted by Gasteiger charge is -2.09. The monoisotopic (exact) mass is 206 g/mol. The van der Waals surface area contributed by atoms with Gasteiger partial charge < -0.3 is 0 Å². The van der Waals surface area contributed by atoms with Gasteiger partial charge in [0.25, 0.3) is 0 Å². The molecule has 15 heavy (non-hydrogen) atoms. The molecule has 0 N–H and O–H groups in total. The minimum atomic E-state index is 0.361. The number of aromatic nitrogens is 3. The fraction of sp³-hybridized carbons (Fsp3) is 0.727. The third-order valence-corrected chi connectivity index (χ3v) is 2.36. The fourth-order valence-electron chi connectivity index (χ4n) is 1.66. The lowest BCUT2D eigenvalue weighted by atomic mass is 10.1. The second-order valence-corrected chi connectivity index (χ2v) is 3.99. The zero-order valence-corrected chi connectivity index (χ0v) is 9.69. The summed E-state index contributed by atoms with van der Waals surface area (Å²) in [6.45, 7) is 7.29. The van der Waals surface area contributed by atoms with Gasteiger partial charge in [0, 0.05) is 6.54 Å². The number of nitrogens with zero attached hydrogens (tertiary/aromatic N) is 4. The predicted molar refractivity (Wildman–Crippen MR) is 58.3 cm³/mol. The first-order chi connectivity index (χ1) is 7.20. The van der Waals surface area contributed by atoms with Crippen molar-refractivity contribution in [3.8, 4) is 6.07 Å². The molecule has 0 saturated carbocycles. The average molecular weight is 206 g/mol. The van der Waals surface area contributed by atoms with Crippen molar-refractivity contribution in [2.75, 3.05) is 0 Å². The van der Waals surface area contributed by atoms with Crippen molar-refractivity contribution in [1.82, 2.24) is 15.0 Å². The van der Waals surface area contributed by atoms with E-state index in [4.69, 9.17) is 5.26 Å². The molecule has 4 heteroatoms. The largest absolute Gasteiger partial charge is 0.249 e. The van der Waals surface area contributed by atoms with Crippen molar-refractivity contribution in [2.45, 2.75) is 52.5 Å². The van der Waals surface area contributed by atoms with Gasteiger partial charge in [-0.25, -0.2) is 4.68 Å². The molecule has 0 saturated heterocycles. The van der Waals surface area contributed by atoms with Crippen LogP contribution in [0.5, 0.6) is 0 Å². The predicted octanol–water partition coefficient (Wildman–Crippen LogP) is 2.27. The van der Waals surface area contributed by atoms with Gasteiger partial charge in [0.2, 0.25) is 0 Å². The summed E-state index contributed by atoms with van der Waals surface area (Å²) in [6.07, 6.45) is 2.61. The van der Waals surface area contributed by atoms with E-state index in [-0.39, 0.29) is 0 Å². The van der Waals surface area contributed by atoms with E-state index in [1.165, 1.54) is 0 Å². The molecule has 0 fully saturated rings. The molecule has 0 aliphatic heterocycles. The Kier molecular flexibility index (Phi) is 4.29. The van der Waals surface area contributed by atoms with Crippen LogP contribution in [-0.4, -0.2) is 15.0 Å². The first-order valence-corrected chi connectivity index (χ1v) is 5.49. The molecule has 0 aliphatic carbocycles. The van der Waals surface area contributed by atoms with Crippen LogP contribution in [-0.2, 0) is 13.0 Å². The minimum Gasteiger partial charge on any atom is -0.249 e. The molecule has 1 rings (SSSR count). The first kappa shape index (κ1) is 11.7. The van der Waals surface area contributed by atoms with E-state index in [0.29, 0.717) is 12.3 Å². The molecule has 1 aromatic heterocycles. The van der Waals surface area contributed by atoms with Gasteiger partial charge in [0.15, 0.2) is 0 Å². The highest BCUT2D eigenvalue weighted by Gasteiger charge is 2.15. The highest BCUT2D eigenvalue weighted by Crippen LogP contribution is 2.18. The van der Waals surface area contributed by atoms with Crippen LogP contribution in [0.2, 0.25) is 0 Å². The Morgan fingerprint density at radius 2 is 2.20 bits per heavy atom. The molecular formula is C11H18N4. The smallest absolute Gasteiger partial charge is 0.100 e. The van der Waals surface area contributed by atoms with Crippen molar-refractivity contribution in [3.63, 3.8) is 0 Å². The molecule has 0 atom stereocenters. The lowest BCUT2D eigenvalue weighted by molar-refractivity contribution is 0.522. The molecule has 82 valence electrons. The number of rotatable bonds is 5. The van der Waals surface area contributed by atoms with Crippen LogP contribution in [0.4, 0.5) is 0 Å². The Morgan fingerprint density at radius 3 is 2.73 bits per heavy atom. The highest BCUT2D eigenvalue weighted by molar-refractivity contribution is 5.17. The SMILES string of the molecule is CCCCn1nnc(CC#N)c1C(C)C. The maximum absolute atomic E-state index is 8.68. The van der Waals surface area contributed by atoms with Crippen LogP contribution >= 0.6 is 0 Å². The zero-order chi connectivity index (χ0) is 11.3.